The molecule has 0 spiro atoms. The van der Waals surface area contributed by atoms with Crippen molar-refractivity contribution >= 4 is 5.91 Å². The molecule has 0 radical (unpaired) electrons. The number of β-amino-alcohol motifs (C(OH)–C–C–N with tert-alkyl or cyclic N) is 1. The Morgan fingerprint density at radius 2 is 1.87 bits per heavy atom. The summed E-state index contributed by atoms with van der Waals surface area (Å²) < 4.78 is 5.51. The highest BCUT2D eigenvalue weighted by Crippen LogP contribution is 2.11. The molecule has 1 atom stereocenters. The average Bonchev–Trinajstić information content (AvgIpc) is 3.18. The first-order valence-corrected chi connectivity index (χ1v) is 10.9. The van der Waals surface area contributed by atoms with Crippen LogP contribution >= 0.6 is 0 Å². The van der Waals surface area contributed by atoms with Gasteiger partial charge in [0, 0.05) is 39.3 Å². The maximum Gasteiger partial charge on any atom is 0.273 e. The third-order valence-electron chi connectivity index (χ3n) is 5.40. The normalized spacial score (nSPS) is 16.7. The average molecular weight is 415 g/mol. The van der Waals surface area contributed by atoms with Crippen LogP contribution in [0.3, 0.4) is 0 Å². The number of carbonyl (C=O) groups excluding carboxylic acids is 1. The molecule has 0 saturated carbocycles. The molecule has 1 aliphatic rings. The summed E-state index contributed by atoms with van der Waals surface area (Å²) in [6.45, 7) is 9.75. The molecule has 0 bridgehead atoms. The second kappa shape index (κ2) is 11.2. The van der Waals surface area contributed by atoms with Gasteiger partial charge in [0.1, 0.15) is 6.26 Å². The van der Waals surface area contributed by atoms with Crippen LogP contribution in [0.4, 0.5) is 0 Å². The summed E-state index contributed by atoms with van der Waals surface area (Å²) in [6, 6.07) is 10.1. The quantitative estimate of drug-likeness (QED) is 0.620. The Bertz CT molecular complexity index is 770. The van der Waals surface area contributed by atoms with Crippen LogP contribution in [-0.2, 0) is 13.0 Å². The summed E-state index contributed by atoms with van der Waals surface area (Å²) in [7, 11) is 0. The number of hydrogen-bond acceptors (Lipinski definition) is 6. The monoisotopic (exact) mass is 414 g/mol. The van der Waals surface area contributed by atoms with E-state index < -0.39 is 0 Å². The number of piperazine rings is 1. The minimum absolute atomic E-state index is 0.178. The van der Waals surface area contributed by atoms with Gasteiger partial charge >= 0.3 is 0 Å². The molecule has 2 aromatic rings. The van der Waals surface area contributed by atoms with E-state index in [9.17, 15) is 9.90 Å². The van der Waals surface area contributed by atoms with Gasteiger partial charge in [0.05, 0.1) is 12.6 Å². The van der Waals surface area contributed by atoms with Crippen molar-refractivity contribution in [2.75, 3.05) is 39.3 Å². The number of aliphatic hydroxyl groups excluding tert-OH is 1. The minimum atomic E-state index is -0.359. The Labute approximate surface area is 179 Å². The summed E-state index contributed by atoms with van der Waals surface area (Å²) in [5, 5.41) is 13.3. The Morgan fingerprint density at radius 1 is 1.17 bits per heavy atom. The smallest absolute Gasteiger partial charge is 0.273 e. The second-order valence-corrected chi connectivity index (χ2v) is 8.49. The van der Waals surface area contributed by atoms with Crippen LogP contribution < -0.4 is 5.32 Å². The number of carbonyl (C=O) groups is 1. The van der Waals surface area contributed by atoms with Crippen molar-refractivity contribution in [2.24, 2.45) is 5.92 Å². The number of aliphatic hydroxyl groups is 1. The highest BCUT2D eigenvalue weighted by molar-refractivity contribution is 5.91. The van der Waals surface area contributed by atoms with Gasteiger partial charge in [-0.2, -0.15) is 0 Å². The molecule has 1 fully saturated rings. The van der Waals surface area contributed by atoms with Crippen LogP contribution in [0.25, 0.3) is 0 Å². The Morgan fingerprint density at radius 3 is 2.57 bits per heavy atom. The van der Waals surface area contributed by atoms with Gasteiger partial charge < -0.3 is 14.8 Å². The van der Waals surface area contributed by atoms with Crippen LogP contribution in [0.15, 0.2) is 41.0 Å². The zero-order valence-corrected chi connectivity index (χ0v) is 18.1. The van der Waals surface area contributed by atoms with Gasteiger partial charge in [-0.25, -0.2) is 4.98 Å². The number of oxazole rings is 1. The summed E-state index contributed by atoms with van der Waals surface area (Å²) >= 11 is 0. The van der Waals surface area contributed by atoms with Crippen LogP contribution in [0.5, 0.6) is 0 Å². The van der Waals surface area contributed by atoms with E-state index in [0.29, 0.717) is 43.6 Å². The van der Waals surface area contributed by atoms with Crippen LogP contribution in [-0.4, -0.2) is 71.2 Å². The van der Waals surface area contributed by atoms with Crippen LogP contribution in [0, 0.1) is 5.92 Å². The topological polar surface area (TPSA) is 81.8 Å². The zero-order valence-electron chi connectivity index (χ0n) is 18.1. The number of benzene rings is 1. The Hall–Kier alpha value is -2.22. The van der Waals surface area contributed by atoms with Crippen LogP contribution in [0.2, 0.25) is 0 Å². The van der Waals surface area contributed by atoms with Crippen molar-refractivity contribution in [2.45, 2.75) is 39.3 Å². The molecule has 7 heteroatoms. The lowest BCUT2D eigenvalue weighted by molar-refractivity contribution is 0.0675. The van der Waals surface area contributed by atoms with Crippen molar-refractivity contribution < 1.29 is 14.3 Å². The predicted octanol–water partition coefficient (Wildman–Crippen LogP) is 2.17. The Balaban J connectivity index is 1.37. The lowest BCUT2D eigenvalue weighted by atomic mass is 10.1. The first kappa shape index (κ1) is 22.5. The van der Waals surface area contributed by atoms with Gasteiger partial charge in [0.15, 0.2) is 5.69 Å². The molecular weight excluding hydrogens is 380 g/mol. The Kier molecular flexibility index (Phi) is 8.42. The zero-order chi connectivity index (χ0) is 21.3. The number of amides is 1. The molecular formula is C23H34N4O3. The van der Waals surface area contributed by atoms with Gasteiger partial charge in [-0.3, -0.25) is 14.6 Å². The molecule has 2 N–H and O–H groups in total. The fourth-order valence-corrected chi connectivity index (χ4v) is 3.62. The van der Waals surface area contributed by atoms with E-state index in [2.05, 4.69) is 46.1 Å². The highest BCUT2D eigenvalue weighted by atomic mass is 16.3. The molecule has 3 rings (SSSR count). The van der Waals surface area contributed by atoms with E-state index in [1.54, 1.807) is 0 Å². The van der Waals surface area contributed by atoms with Gasteiger partial charge in [0.25, 0.3) is 5.91 Å². The minimum Gasteiger partial charge on any atom is -0.447 e. The molecule has 7 nitrogen and oxygen atoms in total. The van der Waals surface area contributed by atoms with Crippen molar-refractivity contribution in [1.82, 2.24) is 20.1 Å². The summed E-state index contributed by atoms with van der Waals surface area (Å²) in [5.41, 5.74) is 1.51. The molecule has 1 aromatic carbocycles. The molecule has 2 heterocycles. The number of nitrogens with zero attached hydrogens (tertiary/aromatic N) is 3. The predicted molar refractivity (Wildman–Crippen MR) is 116 cm³/mol. The van der Waals surface area contributed by atoms with E-state index in [4.69, 9.17) is 4.42 Å². The van der Waals surface area contributed by atoms with Gasteiger partial charge in [0.2, 0.25) is 5.89 Å². The summed E-state index contributed by atoms with van der Waals surface area (Å²) in [4.78, 5) is 21.0. The maximum atomic E-state index is 12.1. The first-order valence-electron chi connectivity index (χ1n) is 10.9. The summed E-state index contributed by atoms with van der Waals surface area (Å²) in [5.74, 6) is 0.945. The molecule has 1 aromatic heterocycles. The standard InChI is InChI=1S/C23H34N4O3/c1-18(2)8-9-24-23(29)21-17-30-22(25-21)16-27-12-10-26(11-13-27)15-20(28)14-19-6-4-3-5-7-19/h3-7,17-18,20,28H,8-16H2,1-2H3,(H,24,29). The molecule has 1 amide bonds. The maximum absolute atomic E-state index is 12.1. The van der Waals surface area contributed by atoms with E-state index >= 15 is 0 Å². The molecule has 164 valence electrons. The fourth-order valence-electron chi connectivity index (χ4n) is 3.62. The van der Waals surface area contributed by atoms with Crippen molar-refractivity contribution in [1.29, 1.82) is 0 Å². The van der Waals surface area contributed by atoms with Gasteiger partial charge in [-0.1, -0.05) is 44.2 Å². The largest absolute Gasteiger partial charge is 0.447 e. The number of aromatic nitrogens is 1. The molecule has 1 saturated heterocycles. The lowest BCUT2D eigenvalue weighted by Gasteiger charge is -2.35. The number of rotatable bonds is 10. The third-order valence-corrected chi connectivity index (χ3v) is 5.40. The second-order valence-electron chi connectivity index (χ2n) is 8.49. The molecule has 30 heavy (non-hydrogen) atoms. The first-order chi connectivity index (χ1) is 14.5. The SMILES string of the molecule is CC(C)CCNC(=O)c1coc(CN2CCN(CC(O)Cc3ccccc3)CC2)n1. The molecule has 1 aliphatic heterocycles. The van der Waals surface area contributed by atoms with Gasteiger partial charge in [-0.05, 0) is 24.3 Å². The van der Waals surface area contributed by atoms with Gasteiger partial charge in [-0.15, -0.1) is 0 Å². The molecule has 1 unspecified atom stereocenters. The van der Waals surface area contributed by atoms with Crippen molar-refractivity contribution in [3.63, 3.8) is 0 Å². The van der Waals surface area contributed by atoms with E-state index in [1.165, 1.54) is 6.26 Å². The summed E-state index contributed by atoms with van der Waals surface area (Å²) in [6.07, 6.45) is 2.71. The van der Waals surface area contributed by atoms with Crippen molar-refractivity contribution in [3.05, 3.63) is 53.7 Å². The third kappa shape index (κ3) is 7.23. The number of hydrogen-bond donors (Lipinski definition) is 2. The highest BCUT2D eigenvalue weighted by Gasteiger charge is 2.21. The van der Waals surface area contributed by atoms with E-state index in [-0.39, 0.29) is 12.0 Å². The van der Waals surface area contributed by atoms with Crippen LogP contribution in [0.1, 0.15) is 42.2 Å². The fraction of sp³-hybridized carbons (Fsp3) is 0.565. The number of nitrogens with one attached hydrogen (secondary N) is 1. The molecule has 0 aliphatic carbocycles. The lowest BCUT2D eigenvalue weighted by Crippen LogP contribution is -2.48. The van der Waals surface area contributed by atoms with E-state index in [0.717, 1.165) is 38.2 Å². The van der Waals surface area contributed by atoms with E-state index in [1.807, 2.05) is 18.2 Å². The van der Waals surface area contributed by atoms with Crippen molar-refractivity contribution in [3.8, 4) is 0 Å².